The van der Waals surface area contributed by atoms with Gasteiger partial charge in [-0.15, -0.1) is 0 Å². The van der Waals surface area contributed by atoms with Gasteiger partial charge in [-0.1, -0.05) is 19.3 Å². The maximum Gasteiger partial charge on any atom is 0.315 e. The van der Waals surface area contributed by atoms with Crippen molar-refractivity contribution in [3.8, 4) is 11.5 Å². The first-order valence-electron chi connectivity index (χ1n) is 8.54. The van der Waals surface area contributed by atoms with Gasteiger partial charge in [-0.2, -0.15) is 0 Å². The van der Waals surface area contributed by atoms with Gasteiger partial charge in [0.25, 0.3) is 0 Å². The molecular formula is C18H27N3O4. The second-order valence-electron chi connectivity index (χ2n) is 6.21. The van der Waals surface area contributed by atoms with Crippen molar-refractivity contribution < 1.29 is 19.1 Å². The lowest BCUT2D eigenvalue weighted by Crippen LogP contribution is -2.60. The molecule has 1 fully saturated rings. The van der Waals surface area contributed by atoms with Crippen LogP contribution in [0.2, 0.25) is 0 Å². The van der Waals surface area contributed by atoms with Gasteiger partial charge in [-0.3, -0.25) is 4.79 Å². The van der Waals surface area contributed by atoms with Gasteiger partial charge in [0, 0.05) is 19.2 Å². The molecule has 0 aliphatic heterocycles. The van der Waals surface area contributed by atoms with Gasteiger partial charge in [0.2, 0.25) is 5.91 Å². The molecule has 25 heavy (non-hydrogen) atoms. The van der Waals surface area contributed by atoms with Crippen LogP contribution < -0.4 is 25.4 Å². The third-order valence-electron chi connectivity index (χ3n) is 4.65. The van der Waals surface area contributed by atoms with Gasteiger partial charge in [-0.25, -0.2) is 4.79 Å². The van der Waals surface area contributed by atoms with E-state index >= 15 is 0 Å². The summed E-state index contributed by atoms with van der Waals surface area (Å²) in [6, 6.07) is 5.04. The standard InChI is InChI=1S/C18H27N3O4/c1-19-16(22)18(9-5-4-6-10-18)21-17(23)20-12-13-11-14(24-2)7-8-15(13)25-3/h7-8,11H,4-6,9-10,12H2,1-3H3,(H,19,22)(H2,20,21,23). The number of nitrogens with one attached hydrogen (secondary N) is 3. The molecule has 0 heterocycles. The molecule has 1 aromatic carbocycles. The minimum atomic E-state index is -0.824. The number of carbonyl (C=O) groups is 2. The Morgan fingerprint density at radius 3 is 2.44 bits per heavy atom. The molecule has 0 saturated heterocycles. The fourth-order valence-electron chi connectivity index (χ4n) is 3.26. The van der Waals surface area contributed by atoms with E-state index in [4.69, 9.17) is 9.47 Å². The third-order valence-corrected chi connectivity index (χ3v) is 4.65. The average molecular weight is 349 g/mol. The lowest BCUT2D eigenvalue weighted by Gasteiger charge is -2.36. The molecule has 1 aliphatic rings. The molecule has 0 radical (unpaired) electrons. The fourth-order valence-corrected chi connectivity index (χ4v) is 3.26. The zero-order valence-electron chi connectivity index (χ0n) is 15.1. The van der Waals surface area contributed by atoms with Crippen molar-refractivity contribution in [2.45, 2.75) is 44.2 Å². The summed E-state index contributed by atoms with van der Waals surface area (Å²) < 4.78 is 10.5. The zero-order chi connectivity index (χ0) is 18.3. The number of benzene rings is 1. The minimum Gasteiger partial charge on any atom is -0.497 e. The molecule has 1 aromatic rings. The maximum atomic E-state index is 12.4. The molecule has 0 unspecified atom stereocenters. The number of carbonyl (C=O) groups excluding carboxylic acids is 2. The van der Waals surface area contributed by atoms with Crippen LogP contribution in [0, 0.1) is 0 Å². The highest BCUT2D eigenvalue weighted by Gasteiger charge is 2.40. The lowest BCUT2D eigenvalue weighted by molar-refractivity contribution is -0.128. The quantitative estimate of drug-likeness (QED) is 0.732. The Morgan fingerprint density at radius 1 is 1.12 bits per heavy atom. The largest absolute Gasteiger partial charge is 0.497 e. The van der Waals surface area contributed by atoms with Crippen LogP contribution in [0.3, 0.4) is 0 Å². The van der Waals surface area contributed by atoms with E-state index in [-0.39, 0.29) is 18.5 Å². The second kappa shape index (κ2) is 8.60. The summed E-state index contributed by atoms with van der Waals surface area (Å²) in [4.78, 5) is 24.7. The summed E-state index contributed by atoms with van der Waals surface area (Å²) in [7, 11) is 4.76. The first-order chi connectivity index (χ1) is 12.0. The summed E-state index contributed by atoms with van der Waals surface area (Å²) in [5.41, 5.74) is -0.0233. The van der Waals surface area contributed by atoms with E-state index in [1.165, 1.54) is 0 Å². The van der Waals surface area contributed by atoms with E-state index in [2.05, 4.69) is 16.0 Å². The summed E-state index contributed by atoms with van der Waals surface area (Å²) in [5.74, 6) is 1.22. The molecule has 2 rings (SSSR count). The molecular weight excluding hydrogens is 322 g/mol. The van der Waals surface area contributed by atoms with Crippen molar-refractivity contribution in [1.82, 2.24) is 16.0 Å². The average Bonchev–Trinajstić information content (AvgIpc) is 2.66. The molecule has 7 nitrogen and oxygen atoms in total. The van der Waals surface area contributed by atoms with Gasteiger partial charge in [0.15, 0.2) is 0 Å². The van der Waals surface area contributed by atoms with Crippen LogP contribution in [-0.4, -0.2) is 38.7 Å². The Bertz CT molecular complexity index is 612. The number of likely N-dealkylation sites (N-methyl/N-ethyl adjacent to an activating group) is 1. The van der Waals surface area contributed by atoms with Crippen LogP contribution in [0.25, 0.3) is 0 Å². The molecule has 0 bridgehead atoms. The Balaban J connectivity index is 2.03. The summed E-state index contributed by atoms with van der Waals surface area (Å²) in [6.45, 7) is 0.274. The van der Waals surface area contributed by atoms with Gasteiger partial charge < -0.3 is 25.4 Å². The topological polar surface area (TPSA) is 88.7 Å². The smallest absolute Gasteiger partial charge is 0.315 e. The number of rotatable bonds is 6. The van der Waals surface area contributed by atoms with E-state index in [9.17, 15) is 9.59 Å². The number of hydrogen-bond acceptors (Lipinski definition) is 4. The molecule has 3 amide bonds. The first-order valence-corrected chi connectivity index (χ1v) is 8.54. The molecule has 0 atom stereocenters. The molecule has 1 saturated carbocycles. The maximum absolute atomic E-state index is 12.4. The molecule has 7 heteroatoms. The van der Waals surface area contributed by atoms with Crippen molar-refractivity contribution in [3.05, 3.63) is 23.8 Å². The van der Waals surface area contributed by atoms with Crippen LogP contribution in [0.4, 0.5) is 4.79 Å². The van der Waals surface area contributed by atoms with Crippen molar-refractivity contribution in [3.63, 3.8) is 0 Å². The van der Waals surface area contributed by atoms with E-state index < -0.39 is 5.54 Å². The highest BCUT2D eigenvalue weighted by Crippen LogP contribution is 2.28. The van der Waals surface area contributed by atoms with Gasteiger partial charge in [0.05, 0.1) is 14.2 Å². The Labute approximate surface area is 148 Å². The Kier molecular flexibility index (Phi) is 6.50. The Hall–Kier alpha value is -2.44. The van der Waals surface area contributed by atoms with Crippen molar-refractivity contribution >= 4 is 11.9 Å². The Morgan fingerprint density at radius 2 is 1.84 bits per heavy atom. The van der Waals surface area contributed by atoms with Crippen LogP contribution >= 0.6 is 0 Å². The minimum absolute atomic E-state index is 0.138. The van der Waals surface area contributed by atoms with Crippen LogP contribution in [0.1, 0.15) is 37.7 Å². The third kappa shape index (κ3) is 4.55. The highest BCUT2D eigenvalue weighted by molar-refractivity contribution is 5.91. The molecule has 3 N–H and O–H groups in total. The number of hydrogen-bond donors (Lipinski definition) is 3. The van der Waals surface area contributed by atoms with Crippen molar-refractivity contribution in [2.75, 3.05) is 21.3 Å². The predicted octanol–water partition coefficient (Wildman–Crippen LogP) is 1.95. The zero-order valence-corrected chi connectivity index (χ0v) is 15.1. The number of amides is 3. The van der Waals surface area contributed by atoms with Gasteiger partial charge in [-0.05, 0) is 31.0 Å². The van der Waals surface area contributed by atoms with Crippen molar-refractivity contribution in [2.24, 2.45) is 0 Å². The number of ether oxygens (including phenoxy) is 2. The highest BCUT2D eigenvalue weighted by atomic mass is 16.5. The van der Waals surface area contributed by atoms with Crippen molar-refractivity contribution in [1.29, 1.82) is 0 Å². The summed E-state index contributed by atoms with van der Waals surface area (Å²) >= 11 is 0. The number of methoxy groups -OCH3 is 2. The predicted molar refractivity (Wildman–Crippen MR) is 94.8 cm³/mol. The van der Waals surface area contributed by atoms with Crippen LogP contribution in [0.5, 0.6) is 11.5 Å². The van der Waals surface area contributed by atoms with Gasteiger partial charge >= 0.3 is 6.03 Å². The van der Waals surface area contributed by atoms with E-state index in [1.54, 1.807) is 33.4 Å². The van der Waals surface area contributed by atoms with Crippen LogP contribution in [-0.2, 0) is 11.3 Å². The fraction of sp³-hybridized carbons (Fsp3) is 0.556. The van der Waals surface area contributed by atoms with Crippen LogP contribution in [0.15, 0.2) is 18.2 Å². The molecule has 1 aliphatic carbocycles. The van der Waals surface area contributed by atoms with Gasteiger partial charge in [0.1, 0.15) is 17.0 Å². The SMILES string of the molecule is CNC(=O)C1(NC(=O)NCc2cc(OC)ccc2OC)CCCCC1. The van der Waals surface area contributed by atoms with E-state index in [1.807, 2.05) is 6.07 Å². The summed E-state index contributed by atoms with van der Waals surface area (Å²) in [6.07, 6.45) is 4.25. The molecule has 0 spiro atoms. The monoisotopic (exact) mass is 349 g/mol. The van der Waals surface area contributed by atoms with E-state index in [0.29, 0.717) is 24.3 Å². The normalized spacial score (nSPS) is 15.8. The molecule has 0 aromatic heterocycles. The second-order valence-corrected chi connectivity index (χ2v) is 6.21. The van der Waals surface area contributed by atoms with E-state index in [0.717, 1.165) is 24.8 Å². The summed E-state index contributed by atoms with van der Waals surface area (Å²) in [5, 5.41) is 8.37. The number of urea groups is 1. The molecule has 138 valence electrons. The lowest BCUT2D eigenvalue weighted by atomic mass is 9.81. The first kappa shape index (κ1) is 18.9.